The Morgan fingerprint density at radius 3 is 2.62 bits per heavy atom. The van der Waals surface area contributed by atoms with Crippen LogP contribution < -0.4 is 10.0 Å². The van der Waals surface area contributed by atoms with E-state index in [0.717, 1.165) is 12.8 Å². The number of hydrogen-bond acceptors (Lipinski definition) is 3. The lowest BCUT2D eigenvalue weighted by molar-refractivity contribution is 0.518. The van der Waals surface area contributed by atoms with Crippen molar-refractivity contribution in [3.05, 3.63) is 66.2 Å². The van der Waals surface area contributed by atoms with E-state index >= 15 is 0 Å². The molecule has 0 saturated heterocycles. The van der Waals surface area contributed by atoms with E-state index in [9.17, 15) is 17.4 Å². The van der Waals surface area contributed by atoms with Crippen molar-refractivity contribution in [3.8, 4) is 0 Å². The van der Waals surface area contributed by atoms with E-state index in [2.05, 4.69) is 16.6 Å². The molecule has 1 fully saturated rings. The Morgan fingerprint density at radius 2 is 1.97 bits per heavy atom. The number of nitrogens with one attached hydrogen (secondary N) is 2. The van der Waals surface area contributed by atoms with Crippen molar-refractivity contribution in [1.29, 1.82) is 0 Å². The molecule has 1 saturated carbocycles. The van der Waals surface area contributed by atoms with Crippen LogP contribution in [0.5, 0.6) is 0 Å². The predicted octanol–water partition coefficient (Wildman–Crippen LogP) is 6.09. The zero-order valence-corrected chi connectivity index (χ0v) is 16.5. The highest BCUT2D eigenvalue weighted by Gasteiger charge is 2.48. The minimum Gasteiger partial charge on any atom is -0.462 e. The standard InChI is InChI=1S/C21H19F3N2O2S/c1-3-7-21(8-9-21)29(27)26-19-18(25-15-5-4-12(2)11-14(15)22)17(24)16(23)13-6-10-28-20(13)19/h3-6,10-11,25-26H,1,7-9H2,2H3. The van der Waals surface area contributed by atoms with Gasteiger partial charge in [0.05, 0.1) is 22.1 Å². The van der Waals surface area contributed by atoms with Crippen LogP contribution in [0.25, 0.3) is 11.0 Å². The molecular weight excluding hydrogens is 401 g/mol. The van der Waals surface area contributed by atoms with Crippen molar-refractivity contribution in [2.75, 3.05) is 10.0 Å². The smallest absolute Gasteiger partial charge is 0.185 e. The van der Waals surface area contributed by atoms with Gasteiger partial charge in [-0.15, -0.1) is 6.58 Å². The Hall–Kier alpha value is -2.74. The molecule has 0 spiro atoms. The Balaban J connectivity index is 1.82. The van der Waals surface area contributed by atoms with Gasteiger partial charge in [0.25, 0.3) is 0 Å². The van der Waals surface area contributed by atoms with Crippen LogP contribution in [-0.2, 0) is 11.0 Å². The van der Waals surface area contributed by atoms with Gasteiger partial charge in [-0.3, -0.25) is 4.72 Å². The van der Waals surface area contributed by atoms with Gasteiger partial charge >= 0.3 is 0 Å². The molecule has 2 N–H and O–H groups in total. The van der Waals surface area contributed by atoms with Crippen molar-refractivity contribution in [2.45, 2.75) is 30.9 Å². The maximum absolute atomic E-state index is 14.9. The highest BCUT2D eigenvalue weighted by molar-refractivity contribution is 7.88. The molecule has 0 bridgehead atoms. The molecular formula is C21H19F3N2O2S. The number of anilines is 3. The Kier molecular flexibility index (Phi) is 4.90. The number of fused-ring (bicyclic) bond motifs is 1. The quantitative estimate of drug-likeness (QED) is 0.455. The van der Waals surface area contributed by atoms with Crippen LogP contribution in [0.1, 0.15) is 24.8 Å². The van der Waals surface area contributed by atoms with Crippen molar-refractivity contribution in [1.82, 2.24) is 0 Å². The first-order valence-electron chi connectivity index (χ1n) is 9.07. The summed E-state index contributed by atoms with van der Waals surface area (Å²) in [6.45, 7) is 5.40. The summed E-state index contributed by atoms with van der Waals surface area (Å²) in [5, 5.41) is 2.51. The molecule has 1 aromatic heterocycles. The molecule has 4 rings (SSSR count). The van der Waals surface area contributed by atoms with Gasteiger partial charge in [-0.05, 0) is 49.9 Å². The highest BCUT2D eigenvalue weighted by Crippen LogP contribution is 2.47. The van der Waals surface area contributed by atoms with Crippen LogP contribution in [0.4, 0.5) is 30.2 Å². The second-order valence-corrected chi connectivity index (χ2v) is 8.80. The first-order valence-corrected chi connectivity index (χ1v) is 10.2. The van der Waals surface area contributed by atoms with Crippen LogP contribution in [-0.4, -0.2) is 8.96 Å². The summed E-state index contributed by atoms with van der Waals surface area (Å²) in [5.41, 5.74) is 0.260. The van der Waals surface area contributed by atoms with Crippen LogP contribution in [0.15, 0.2) is 47.6 Å². The molecule has 29 heavy (non-hydrogen) atoms. The maximum Gasteiger partial charge on any atom is 0.185 e. The largest absolute Gasteiger partial charge is 0.462 e. The molecule has 0 aliphatic heterocycles. The number of allylic oxidation sites excluding steroid dienone is 1. The molecule has 3 aromatic rings. The van der Waals surface area contributed by atoms with Gasteiger partial charge in [-0.2, -0.15) is 0 Å². The summed E-state index contributed by atoms with van der Waals surface area (Å²) < 4.78 is 64.4. The third kappa shape index (κ3) is 3.42. The zero-order chi connectivity index (χ0) is 20.8. The molecule has 2 aromatic carbocycles. The van der Waals surface area contributed by atoms with Crippen molar-refractivity contribution >= 4 is 39.0 Å². The number of aryl methyl sites for hydroxylation is 1. The van der Waals surface area contributed by atoms with Gasteiger partial charge in [-0.25, -0.2) is 17.4 Å². The summed E-state index contributed by atoms with van der Waals surface area (Å²) >= 11 is 0. The van der Waals surface area contributed by atoms with Gasteiger partial charge in [0.2, 0.25) is 0 Å². The summed E-state index contributed by atoms with van der Waals surface area (Å²) in [6, 6.07) is 5.63. The van der Waals surface area contributed by atoms with Crippen LogP contribution in [0, 0.1) is 24.4 Å². The first-order chi connectivity index (χ1) is 13.9. The first kappa shape index (κ1) is 19.6. The number of halogens is 3. The Bertz CT molecular complexity index is 1140. The number of furan rings is 1. The Morgan fingerprint density at radius 1 is 1.21 bits per heavy atom. The van der Waals surface area contributed by atoms with Gasteiger partial charge in [0.15, 0.2) is 17.2 Å². The second-order valence-electron chi connectivity index (χ2n) is 7.20. The van der Waals surface area contributed by atoms with Gasteiger partial charge < -0.3 is 9.73 Å². The third-order valence-electron chi connectivity index (χ3n) is 5.09. The van der Waals surface area contributed by atoms with E-state index in [0.29, 0.717) is 12.0 Å². The van der Waals surface area contributed by atoms with E-state index in [4.69, 9.17) is 4.42 Å². The lowest BCUT2D eigenvalue weighted by Crippen LogP contribution is -2.23. The topological polar surface area (TPSA) is 54.3 Å². The summed E-state index contributed by atoms with van der Waals surface area (Å²) in [4.78, 5) is 0. The normalized spacial score (nSPS) is 15.9. The lowest BCUT2D eigenvalue weighted by atomic mass is 10.1. The molecule has 1 atom stereocenters. The van der Waals surface area contributed by atoms with Crippen molar-refractivity contribution in [2.24, 2.45) is 0 Å². The average molecular weight is 420 g/mol. The summed E-state index contributed by atoms with van der Waals surface area (Å²) in [7, 11) is -1.61. The fourth-order valence-electron chi connectivity index (χ4n) is 3.27. The van der Waals surface area contributed by atoms with Crippen molar-refractivity contribution in [3.63, 3.8) is 0 Å². The molecule has 8 heteroatoms. The predicted molar refractivity (Wildman–Crippen MR) is 109 cm³/mol. The van der Waals surface area contributed by atoms with Crippen LogP contribution in [0.3, 0.4) is 0 Å². The van der Waals surface area contributed by atoms with E-state index < -0.39 is 33.2 Å². The molecule has 1 aliphatic rings. The van der Waals surface area contributed by atoms with Crippen LogP contribution >= 0.6 is 0 Å². The van der Waals surface area contributed by atoms with E-state index in [-0.39, 0.29) is 28.0 Å². The third-order valence-corrected chi connectivity index (χ3v) is 6.84. The Labute approximate surface area is 168 Å². The number of rotatable bonds is 7. The van der Waals surface area contributed by atoms with Gasteiger partial charge in [-0.1, -0.05) is 12.1 Å². The van der Waals surface area contributed by atoms with E-state index in [1.807, 2.05) is 0 Å². The molecule has 152 valence electrons. The molecule has 0 amide bonds. The molecule has 1 aliphatic carbocycles. The van der Waals surface area contributed by atoms with Gasteiger partial charge in [0.1, 0.15) is 28.2 Å². The monoisotopic (exact) mass is 420 g/mol. The molecule has 1 heterocycles. The summed E-state index contributed by atoms with van der Waals surface area (Å²) in [6.07, 6.45) is 4.86. The average Bonchev–Trinajstić information content (AvgIpc) is 3.30. The van der Waals surface area contributed by atoms with Crippen LogP contribution in [0.2, 0.25) is 0 Å². The molecule has 1 unspecified atom stereocenters. The number of hydrogen-bond donors (Lipinski definition) is 2. The summed E-state index contributed by atoms with van der Waals surface area (Å²) in [5.74, 6) is -2.97. The van der Waals surface area contributed by atoms with E-state index in [1.165, 1.54) is 24.5 Å². The minimum atomic E-state index is -1.61. The highest BCUT2D eigenvalue weighted by atomic mass is 32.2. The van der Waals surface area contributed by atoms with E-state index in [1.54, 1.807) is 19.1 Å². The maximum atomic E-state index is 14.9. The lowest BCUT2D eigenvalue weighted by Gasteiger charge is -2.19. The fourth-order valence-corrected chi connectivity index (χ4v) is 4.61. The van der Waals surface area contributed by atoms with Crippen molar-refractivity contribution < 1.29 is 21.8 Å². The second kappa shape index (κ2) is 7.26. The fraction of sp³-hybridized carbons (Fsp3) is 0.238. The molecule has 4 nitrogen and oxygen atoms in total. The minimum absolute atomic E-state index is 0.00155. The number of benzene rings is 2. The van der Waals surface area contributed by atoms with Gasteiger partial charge in [0, 0.05) is 0 Å². The zero-order valence-electron chi connectivity index (χ0n) is 15.7. The SMILES string of the molecule is C=CCC1(S(=O)Nc2c(Nc3ccc(C)cc3F)c(F)c(F)c3ccoc23)CC1. The molecule has 0 radical (unpaired) electrons.